The predicted octanol–water partition coefficient (Wildman–Crippen LogP) is 1.23. The maximum Gasteiger partial charge on any atom is 0.325 e. The zero-order valence-electron chi connectivity index (χ0n) is 12.7. The van der Waals surface area contributed by atoms with Crippen LogP contribution in [0.5, 0.6) is 0 Å². The monoisotopic (exact) mass is 294 g/mol. The van der Waals surface area contributed by atoms with Gasteiger partial charge in [-0.15, -0.1) is 0 Å². The van der Waals surface area contributed by atoms with Crippen molar-refractivity contribution < 1.29 is 19.1 Å². The smallest absolute Gasteiger partial charge is 0.325 e. The normalized spacial score (nSPS) is 10.2. The van der Waals surface area contributed by atoms with Gasteiger partial charge in [0.2, 0.25) is 0 Å². The number of nitrogens with two attached hydrogens (primary N) is 1. The van der Waals surface area contributed by atoms with Gasteiger partial charge in [-0.3, -0.25) is 9.59 Å². The number of esters is 1. The molecule has 0 atom stereocenters. The molecule has 1 aromatic carbocycles. The molecule has 0 radical (unpaired) electrons. The first-order valence-electron chi connectivity index (χ1n) is 6.80. The van der Waals surface area contributed by atoms with E-state index in [2.05, 4.69) is 0 Å². The molecule has 0 aliphatic heterocycles. The maximum absolute atomic E-state index is 12.5. The predicted molar refractivity (Wildman–Crippen MR) is 80.0 cm³/mol. The van der Waals surface area contributed by atoms with Crippen LogP contribution < -0.4 is 5.73 Å². The summed E-state index contributed by atoms with van der Waals surface area (Å²) in [6, 6.07) is 5.24. The molecule has 0 unspecified atom stereocenters. The third-order valence-electron chi connectivity index (χ3n) is 3.03. The Labute approximate surface area is 124 Å². The van der Waals surface area contributed by atoms with Crippen molar-refractivity contribution in [2.75, 3.05) is 39.1 Å². The van der Waals surface area contributed by atoms with E-state index in [4.69, 9.17) is 15.2 Å². The van der Waals surface area contributed by atoms with Crippen LogP contribution in [0, 0.1) is 6.92 Å². The van der Waals surface area contributed by atoms with Gasteiger partial charge in [0, 0.05) is 19.3 Å². The summed E-state index contributed by atoms with van der Waals surface area (Å²) in [4.78, 5) is 25.5. The number of hydrogen-bond donors (Lipinski definition) is 1. The van der Waals surface area contributed by atoms with Crippen molar-refractivity contribution in [3.05, 3.63) is 29.3 Å². The molecule has 116 valence electrons. The summed E-state index contributed by atoms with van der Waals surface area (Å²) < 4.78 is 9.86. The van der Waals surface area contributed by atoms with E-state index in [1.54, 1.807) is 19.1 Å². The number of anilines is 1. The Hall–Kier alpha value is -2.08. The minimum Gasteiger partial charge on any atom is -0.465 e. The van der Waals surface area contributed by atoms with Crippen LogP contribution in [0.3, 0.4) is 0 Å². The Kier molecular flexibility index (Phi) is 6.68. The van der Waals surface area contributed by atoms with Crippen LogP contribution in [0.4, 0.5) is 5.69 Å². The van der Waals surface area contributed by atoms with Crippen molar-refractivity contribution in [2.24, 2.45) is 0 Å². The summed E-state index contributed by atoms with van der Waals surface area (Å²) >= 11 is 0. The van der Waals surface area contributed by atoms with E-state index in [0.717, 1.165) is 5.56 Å². The average molecular weight is 294 g/mol. The number of amides is 1. The van der Waals surface area contributed by atoms with Crippen LogP contribution in [0.25, 0.3) is 0 Å². The van der Waals surface area contributed by atoms with Crippen LogP contribution >= 0.6 is 0 Å². The number of carbonyl (C=O) groups excluding carboxylic acids is 2. The molecule has 0 spiro atoms. The van der Waals surface area contributed by atoms with Gasteiger partial charge in [0.25, 0.3) is 5.91 Å². The topological polar surface area (TPSA) is 81.9 Å². The van der Waals surface area contributed by atoms with Gasteiger partial charge >= 0.3 is 5.97 Å². The van der Waals surface area contributed by atoms with E-state index in [1.807, 2.05) is 13.0 Å². The fraction of sp³-hybridized carbons (Fsp3) is 0.467. The molecule has 21 heavy (non-hydrogen) atoms. The first kappa shape index (κ1) is 17.0. The second-order valence-corrected chi connectivity index (χ2v) is 4.56. The number of hydrogen-bond acceptors (Lipinski definition) is 5. The standard InChI is InChI=1S/C15H22N2O4/c1-4-21-13(18)10-17(8-9-20-3)15(19)12-7-5-6-11(2)14(12)16/h5-7H,4,8-10,16H2,1-3H3. The van der Waals surface area contributed by atoms with Crippen LogP contribution in [0.1, 0.15) is 22.8 Å². The number of benzene rings is 1. The lowest BCUT2D eigenvalue weighted by Gasteiger charge is -2.22. The van der Waals surface area contributed by atoms with Crippen molar-refractivity contribution in [1.29, 1.82) is 0 Å². The largest absolute Gasteiger partial charge is 0.465 e. The van der Waals surface area contributed by atoms with Crippen molar-refractivity contribution >= 4 is 17.6 Å². The van der Waals surface area contributed by atoms with Crippen LogP contribution in [0.2, 0.25) is 0 Å². The van der Waals surface area contributed by atoms with E-state index in [9.17, 15) is 9.59 Å². The molecule has 0 aliphatic rings. The molecule has 0 fully saturated rings. The van der Waals surface area contributed by atoms with Gasteiger partial charge in [0.05, 0.1) is 18.8 Å². The van der Waals surface area contributed by atoms with E-state index in [1.165, 1.54) is 12.0 Å². The molecule has 0 aromatic heterocycles. The lowest BCUT2D eigenvalue weighted by Crippen LogP contribution is -2.39. The number of ether oxygens (including phenoxy) is 2. The molecule has 0 bridgehead atoms. The molecule has 1 amide bonds. The quantitative estimate of drug-likeness (QED) is 0.604. The van der Waals surface area contributed by atoms with Crippen LogP contribution in [-0.4, -0.2) is 50.2 Å². The first-order chi connectivity index (χ1) is 10.0. The summed E-state index contributed by atoms with van der Waals surface area (Å²) in [6.45, 7) is 4.33. The van der Waals surface area contributed by atoms with Crippen LogP contribution in [0.15, 0.2) is 18.2 Å². The number of nitrogen functional groups attached to an aromatic ring is 1. The second kappa shape index (κ2) is 8.26. The Morgan fingerprint density at radius 3 is 2.67 bits per heavy atom. The number of methoxy groups -OCH3 is 1. The summed E-state index contributed by atoms with van der Waals surface area (Å²) in [7, 11) is 1.54. The number of para-hydroxylation sites is 1. The Bertz CT molecular complexity index is 502. The SMILES string of the molecule is CCOC(=O)CN(CCOC)C(=O)c1cccc(C)c1N. The van der Waals surface area contributed by atoms with Crippen molar-refractivity contribution in [1.82, 2.24) is 4.90 Å². The Balaban J connectivity index is 2.93. The van der Waals surface area contributed by atoms with Gasteiger partial charge in [-0.05, 0) is 25.5 Å². The highest BCUT2D eigenvalue weighted by atomic mass is 16.5. The molecule has 2 N–H and O–H groups in total. The minimum absolute atomic E-state index is 0.122. The van der Waals surface area contributed by atoms with Crippen molar-refractivity contribution in [3.63, 3.8) is 0 Å². The molecular weight excluding hydrogens is 272 g/mol. The van der Waals surface area contributed by atoms with Gasteiger partial charge in [0.15, 0.2) is 0 Å². The van der Waals surface area contributed by atoms with Gasteiger partial charge < -0.3 is 20.1 Å². The number of aryl methyl sites for hydroxylation is 1. The van der Waals surface area contributed by atoms with E-state index in [0.29, 0.717) is 24.4 Å². The average Bonchev–Trinajstić information content (AvgIpc) is 2.46. The number of rotatable bonds is 7. The minimum atomic E-state index is -0.451. The fourth-order valence-electron chi connectivity index (χ4n) is 1.85. The highest BCUT2D eigenvalue weighted by molar-refractivity contribution is 6.00. The van der Waals surface area contributed by atoms with Crippen molar-refractivity contribution in [2.45, 2.75) is 13.8 Å². The molecule has 0 heterocycles. The molecule has 1 rings (SSSR count). The number of nitrogens with zero attached hydrogens (tertiary/aromatic N) is 1. The zero-order valence-corrected chi connectivity index (χ0v) is 12.7. The van der Waals surface area contributed by atoms with Gasteiger partial charge in [0.1, 0.15) is 6.54 Å². The first-order valence-corrected chi connectivity index (χ1v) is 6.80. The van der Waals surface area contributed by atoms with E-state index < -0.39 is 5.97 Å². The number of carbonyl (C=O) groups is 2. The molecule has 6 nitrogen and oxygen atoms in total. The Morgan fingerprint density at radius 1 is 1.33 bits per heavy atom. The second-order valence-electron chi connectivity index (χ2n) is 4.56. The van der Waals surface area contributed by atoms with Crippen molar-refractivity contribution in [3.8, 4) is 0 Å². The summed E-state index contributed by atoms with van der Waals surface area (Å²) in [5.74, 6) is -0.755. The third kappa shape index (κ3) is 4.75. The molecule has 6 heteroatoms. The summed E-state index contributed by atoms with van der Waals surface area (Å²) in [5, 5.41) is 0. The highest BCUT2D eigenvalue weighted by Gasteiger charge is 2.21. The Morgan fingerprint density at radius 2 is 2.05 bits per heavy atom. The van der Waals surface area contributed by atoms with Gasteiger partial charge in [-0.2, -0.15) is 0 Å². The molecular formula is C15H22N2O4. The summed E-state index contributed by atoms with van der Waals surface area (Å²) in [5.41, 5.74) is 7.58. The molecule has 0 aliphatic carbocycles. The highest BCUT2D eigenvalue weighted by Crippen LogP contribution is 2.18. The van der Waals surface area contributed by atoms with Crippen LogP contribution in [-0.2, 0) is 14.3 Å². The third-order valence-corrected chi connectivity index (χ3v) is 3.03. The lowest BCUT2D eigenvalue weighted by atomic mass is 10.1. The lowest BCUT2D eigenvalue weighted by molar-refractivity contribution is -0.143. The maximum atomic E-state index is 12.5. The van der Waals surface area contributed by atoms with E-state index in [-0.39, 0.29) is 19.1 Å². The molecule has 0 saturated heterocycles. The summed E-state index contributed by atoms with van der Waals surface area (Å²) in [6.07, 6.45) is 0. The zero-order chi connectivity index (χ0) is 15.8. The fourth-order valence-corrected chi connectivity index (χ4v) is 1.85. The van der Waals surface area contributed by atoms with Gasteiger partial charge in [-0.1, -0.05) is 12.1 Å². The van der Waals surface area contributed by atoms with Gasteiger partial charge in [-0.25, -0.2) is 0 Å². The molecule has 1 aromatic rings. The van der Waals surface area contributed by atoms with E-state index >= 15 is 0 Å². The molecule has 0 saturated carbocycles.